The van der Waals surface area contributed by atoms with Crippen molar-refractivity contribution in [2.24, 2.45) is 0 Å². The number of allylic oxidation sites excluding steroid dienone is 17. The standard InChI is InChI=1S/C70H122NO8P/c1-6-8-10-12-14-16-18-20-22-23-24-25-26-27-28-29-30-31-32-33-34-35-36-37-38-39-40-41-42-43-44-45-46-47-49-50-52-54-56-58-60-62-69(72)76-66-68(67-78-80(74,75)77-65-64-71(3,4)5)79-70(73)63-61-59-57-55-53-51-48-21-19-17-15-13-11-9-7-2/h8-11,14-17,20-22,24-25,48,53,55,59,61,68H,6-7,12-13,18-19,23,26-47,49-52,54,56-58,60,62-67H2,1-5H3/b10-8-,11-9-,16-14-,17-15-,22-20-,25-24-,48-21-,55-53-,61-59-. The van der Waals surface area contributed by atoms with Crippen molar-refractivity contribution >= 4 is 19.8 Å². The van der Waals surface area contributed by atoms with Gasteiger partial charge in [-0.3, -0.25) is 14.2 Å². The molecular formula is C70H122NO8P. The average Bonchev–Trinajstić information content (AvgIpc) is 3.42. The van der Waals surface area contributed by atoms with E-state index in [0.29, 0.717) is 17.4 Å². The summed E-state index contributed by atoms with van der Waals surface area (Å²) in [6.45, 7) is 3.90. The van der Waals surface area contributed by atoms with Crippen LogP contribution < -0.4 is 4.89 Å². The van der Waals surface area contributed by atoms with Gasteiger partial charge in [-0.1, -0.05) is 290 Å². The largest absolute Gasteiger partial charge is 0.756 e. The summed E-state index contributed by atoms with van der Waals surface area (Å²) in [5, 5.41) is 0. The summed E-state index contributed by atoms with van der Waals surface area (Å²) in [5.74, 6) is -0.977. The van der Waals surface area contributed by atoms with Gasteiger partial charge in [-0.15, -0.1) is 0 Å². The van der Waals surface area contributed by atoms with Crippen LogP contribution in [0, 0.1) is 0 Å². The maximum absolute atomic E-state index is 12.7. The molecule has 0 saturated carbocycles. The number of carbonyl (C=O) groups is 2. The fourth-order valence-electron chi connectivity index (χ4n) is 8.90. The van der Waals surface area contributed by atoms with Crippen LogP contribution in [0.1, 0.15) is 271 Å². The normalized spacial score (nSPS) is 13.9. The number of hydrogen-bond donors (Lipinski definition) is 0. The third kappa shape index (κ3) is 63.8. The van der Waals surface area contributed by atoms with Crippen molar-refractivity contribution in [3.63, 3.8) is 0 Å². The van der Waals surface area contributed by atoms with Crippen LogP contribution in [0.25, 0.3) is 0 Å². The first-order chi connectivity index (χ1) is 39.0. The fraction of sp³-hybridized carbons (Fsp3) is 0.714. The van der Waals surface area contributed by atoms with E-state index in [4.69, 9.17) is 18.5 Å². The van der Waals surface area contributed by atoms with Crippen LogP contribution in [0.15, 0.2) is 109 Å². The monoisotopic (exact) mass is 1140 g/mol. The van der Waals surface area contributed by atoms with Crippen LogP contribution in [0.4, 0.5) is 0 Å². The van der Waals surface area contributed by atoms with E-state index in [1.54, 1.807) is 6.08 Å². The van der Waals surface area contributed by atoms with Crippen molar-refractivity contribution in [1.82, 2.24) is 0 Å². The molecule has 0 rings (SSSR count). The van der Waals surface area contributed by atoms with Crippen molar-refractivity contribution in [1.29, 1.82) is 0 Å². The van der Waals surface area contributed by atoms with E-state index >= 15 is 0 Å². The highest BCUT2D eigenvalue weighted by molar-refractivity contribution is 7.45. The molecule has 0 radical (unpaired) electrons. The minimum absolute atomic E-state index is 0.00934. The van der Waals surface area contributed by atoms with Gasteiger partial charge in [0.05, 0.1) is 34.2 Å². The highest BCUT2D eigenvalue weighted by Gasteiger charge is 2.21. The summed E-state index contributed by atoms with van der Waals surface area (Å²) in [7, 11) is 1.11. The van der Waals surface area contributed by atoms with Crippen LogP contribution in [0.3, 0.4) is 0 Å². The molecule has 0 amide bonds. The van der Waals surface area contributed by atoms with Crippen LogP contribution in [0.2, 0.25) is 0 Å². The molecule has 9 nitrogen and oxygen atoms in total. The maximum Gasteiger partial charge on any atom is 0.310 e. The number of carbonyl (C=O) groups excluding carboxylic acids is 2. The lowest BCUT2D eigenvalue weighted by Crippen LogP contribution is -2.37. The summed E-state index contributed by atoms with van der Waals surface area (Å²) in [6.07, 6.45) is 85.2. The molecule has 0 fully saturated rings. The summed E-state index contributed by atoms with van der Waals surface area (Å²) < 4.78 is 34.0. The Morgan fingerprint density at radius 1 is 0.400 bits per heavy atom. The molecule has 0 spiro atoms. The Hall–Kier alpha value is -3.33. The Labute approximate surface area is 493 Å². The van der Waals surface area contributed by atoms with Crippen molar-refractivity contribution in [2.45, 2.75) is 277 Å². The zero-order chi connectivity index (χ0) is 58.4. The number of nitrogens with zero attached hydrogens (tertiary/aromatic N) is 1. The molecule has 0 saturated heterocycles. The second-order valence-corrected chi connectivity index (χ2v) is 24.1. The maximum atomic E-state index is 12.7. The number of hydrogen-bond acceptors (Lipinski definition) is 8. The topological polar surface area (TPSA) is 111 Å². The second-order valence-electron chi connectivity index (χ2n) is 22.7. The van der Waals surface area contributed by atoms with Crippen LogP contribution in [-0.2, 0) is 32.7 Å². The summed E-state index contributed by atoms with van der Waals surface area (Å²) in [5.41, 5.74) is 0. The van der Waals surface area contributed by atoms with Gasteiger partial charge >= 0.3 is 11.9 Å². The zero-order valence-electron chi connectivity index (χ0n) is 52.2. The van der Waals surface area contributed by atoms with Gasteiger partial charge in [-0.2, -0.15) is 0 Å². The van der Waals surface area contributed by atoms with Gasteiger partial charge in [0.2, 0.25) is 0 Å². The number of phosphoric acid groups is 1. The molecule has 0 aliphatic carbocycles. The molecule has 80 heavy (non-hydrogen) atoms. The summed E-state index contributed by atoms with van der Waals surface area (Å²) >= 11 is 0. The number of likely N-dealkylation sites (N-methyl/N-ethyl adjacent to an activating group) is 1. The second kappa shape index (κ2) is 60.3. The minimum Gasteiger partial charge on any atom is -0.756 e. The van der Waals surface area contributed by atoms with E-state index < -0.39 is 32.5 Å². The average molecular weight is 1140 g/mol. The third-order valence-electron chi connectivity index (χ3n) is 13.8. The van der Waals surface area contributed by atoms with Crippen molar-refractivity contribution in [3.05, 3.63) is 109 Å². The molecule has 0 aromatic rings. The Balaban J connectivity index is 3.90. The molecule has 10 heteroatoms. The molecule has 0 bridgehead atoms. The Morgan fingerprint density at radius 2 is 0.713 bits per heavy atom. The molecule has 2 unspecified atom stereocenters. The van der Waals surface area contributed by atoms with Crippen molar-refractivity contribution < 1.29 is 42.1 Å². The van der Waals surface area contributed by atoms with E-state index in [2.05, 4.69) is 105 Å². The lowest BCUT2D eigenvalue weighted by molar-refractivity contribution is -0.870. The fourth-order valence-corrected chi connectivity index (χ4v) is 9.63. The Bertz CT molecular complexity index is 1720. The number of unbranched alkanes of at least 4 members (excludes halogenated alkanes) is 28. The van der Waals surface area contributed by atoms with Gasteiger partial charge in [0.25, 0.3) is 7.82 Å². The van der Waals surface area contributed by atoms with E-state index in [-0.39, 0.29) is 26.1 Å². The van der Waals surface area contributed by atoms with Crippen molar-refractivity contribution in [3.8, 4) is 0 Å². The molecule has 460 valence electrons. The highest BCUT2D eigenvalue weighted by atomic mass is 31.2. The summed E-state index contributed by atoms with van der Waals surface area (Å²) in [4.78, 5) is 37.8. The highest BCUT2D eigenvalue weighted by Crippen LogP contribution is 2.38. The van der Waals surface area contributed by atoms with E-state index in [0.717, 1.165) is 70.6 Å². The molecule has 0 aliphatic rings. The van der Waals surface area contributed by atoms with Crippen LogP contribution in [0.5, 0.6) is 0 Å². The molecule has 0 aromatic heterocycles. The number of rotatable bonds is 59. The van der Waals surface area contributed by atoms with Gasteiger partial charge in [-0.05, 0) is 77.0 Å². The summed E-state index contributed by atoms with van der Waals surface area (Å²) in [6, 6.07) is 0. The molecule has 0 aromatic carbocycles. The zero-order valence-corrected chi connectivity index (χ0v) is 53.1. The minimum atomic E-state index is -4.66. The van der Waals surface area contributed by atoms with Gasteiger partial charge in [0, 0.05) is 6.42 Å². The van der Waals surface area contributed by atoms with Gasteiger partial charge in [-0.25, -0.2) is 0 Å². The first-order valence-corrected chi connectivity index (χ1v) is 34.1. The Kier molecular flexibility index (Phi) is 57.8. The number of phosphoric ester groups is 1. The lowest BCUT2D eigenvalue weighted by Gasteiger charge is -2.28. The first kappa shape index (κ1) is 76.7. The SMILES string of the molecule is CC/C=C\C/C=C\C/C=C\C/C=C\C/C=C\CC(=O)OC(COC(=O)CCCCCCCCCCCCCCCCCCCCCCCCCCCCCC/C=C\C/C=C\C/C=C\C/C=C\CC)COP(=O)([O-])OCC[N+](C)(C)C. The predicted octanol–water partition coefficient (Wildman–Crippen LogP) is 20.3. The molecular weight excluding hydrogens is 1010 g/mol. The number of quaternary nitrogens is 1. The van der Waals surface area contributed by atoms with Crippen molar-refractivity contribution in [2.75, 3.05) is 47.5 Å². The van der Waals surface area contributed by atoms with Crippen LogP contribution in [-0.4, -0.2) is 70.0 Å². The molecule has 0 N–H and O–H groups in total. The smallest absolute Gasteiger partial charge is 0.310 e. The van der Waals surface area contributed by atoms with Gasteiger partial charge in [0.1, 0.15) is 19.8 Å². The molecule has 0 aliphatic heterocycles. The van der Waals surface area contributed by atoms with E-state index in [1.807, 2.05) is 33.3 Å². The third-order valence-corrected chi connectivity index (χ3v) is 14.8. The molecule has 0 heterocycles. The number of esters is 2. The van der Waals surface area contributed by atoms with Gasteiger partial charge in [0.15, 0.2) is 6.10 Å². The Morgan fingerprint density at radius 3 is 1.06 bits per heavy atom. The predicted molar refractivity (Wildman–Crippen MR) is 342 cm³/mol. The van der Waals surface area contributed by atoms with Crippen LogP contribution >= 0.6 is 7.82 Å². The van der Waals surface area contributed by atoms with Gasteiger partial charge < -0.3 is 27.9 Å². The van der Waals surface area contributed by atoms with E-state index in [1.165, 1.54) is 167 Å². The number of ether oxygens (including phenoxy) is 2. The molecule has 2 atom stereocenters. The lowest BCUT2D eigenvalue weighted by atomic mass is 10.0. The first-order valence-electron chi connectivity index (χ1n) is 32.6. The quantitative estimate of drug-likeness (QED) is 0.0195. The van der Waals surface area contributed by atoms with E-state index in [9.17, 15) is 19.0 Å².